The summed E-state index contributed by atoms with van der Waals surface area (Å²) in [5.41, 5.74) is 8.55. The van der Waals surface area contributed by atoms with E-state index in [0.29, 0.717) is 0 Å². The summed E-state index contributed by atoms with van der Waals surface area (Å²) in [7, 11) is 2.14. The smallest absolute Gasteiger partial charge is 0.0642 e. The van der Waals surface area contributed by atoms with Crippen molar-refractivity contribution in [2.45, 2.75) is 38.6 Å². The molecule has 2 N–H and O–H groups in total. The minimum Gasteiger partial charge on any atom is -0.372 e. The molecule has 21 heavy (non-hydrogen) atoms. The van der Waals surface area contributed by atoms with Gasteiger partial charge in [0.2, 0.25) is 0 Å². The zero-order chi connectivity index (χ0) is 15.2. The number of hydrogen-bond donors (Lipinski definition) is 1. The molecule has 1 unspecified atom stereocenters. The Labute approximate surface area is 134 Å². The van der Waals surface area contributed by atoms with Crippen LogP contribution in [-0.4, -0.2) is 44.2 Å². The Bertz CT molecular complexity index is 444. The maximum Gasteiger partial charge on any atom is 0.0642 e. The number of rotatable bonds is 7. The molecule has 1 aromatic rings. The summed E-state index contributed by atoms with van der Waals surface area (Å²) in [6.45, 7) is 6.74. The molecular weight excluding hydrogens is 282 g/mol. The van der Waals surface area contributed by atoms with Gasteiger partial charge in [0.05, 0.1) is 10.7 Å². The van der Waals surface area contributed by atoms with Gasteiger partial charge in [-0.2, -0.15) is 0 Å². The van der Waals surface area contributed by atoms with Crippen molar-refractivity contribution in [3.8, 4) is 0 Å². The largest absolute Gasteiger partial charge is 0.372 e. The second-order valence-electron chi connectivity index (χ2n) is 6.09. The fourth-order valence-corrected chi connectivity index (χ4v) is 3.33. The number of likely N-dealkylation sites (N-methyl/N-ethyl adjacent to an activating group) is 1. The van der Waals surface area contributed by atoms with Crippen molar-refractivity contribution in [3.63, 3.8) is 0 Å². The monoisotopic (exact) mass is 309 g/mol. The van der Waals surface area contributed by atoms with Crippen molar-refractivity contribution < 1.29 is 0 Å². The average molecular weight is 310 g/mol. The van der Waals surface area contributed by atoms with E-state index in [1.807, 2.05) is 12.1 Å². The standard InChI is InChI=1S/C17H28ClN3/c1-3-15(19)13-14-7-6-8-16(18)17(14)20(2)11-12-21-9-4-5-10-21/h6-8,15H,3-5,9-13,19H2,1-2H3. The highest BCUT2D eigenvalue weighted by Crippen LogP contribution is 2.30. The zero-order valence-corrected chi connectivity index (χ0v) is 14.1. The van der Waals surface area contributed by atoms with Gasteiger partial charge < -0.3 is 15.5 Å². The Morgan fingerprint density at radius 2 is 2.05 bits per heavy atom. The van der Waals surface area contributed by atoms with Crippen molar-refractivity contribution in [3.05, 3.63) is 28.8 Å². The first-order valence-corrected chi connectivity index (χ1v) is 8.46. The van der Waals surface area contributed by atoms with E-state index in [0.717, 1.165) is 36.6 Å². The SMILES string of the molecule is CCC(N)Cc1cccc(Cl)c1N(C)CCN1CCCC1. The lowest BCUT2D eigenvalue weighted by atomic mass is 10.0. The lowest BCUT2D eigenvalue weighted by Crippen LogP contribution is -2.32. The molecule has 2 rings (SSSR count). The van der Waals surface area contributed by atoms with Crippen molar-refractivity contribution in [2.24, 2.45) is 5.73 Å². The topological polar surface area (TPSA) is 32.5 Å². The molecule has 1 aliphatic rings. The van der Waals surface area contributed by atoms with Crippen LogP contribution < -0.4 is 10.6 Å². The lowest BCUT2D eigenvalue weighted by Gasteiger charge is -2.27. The molecular formula is C17H28ClN3. The normalized spacial score (nSPS) is 17.1. The van der Waals surface area contributed by atoms with Crippen molar-refractivity contribution >= 4 is 17.3 Å². The van der Waals surface area contributed by atoms with Gasteiger partial charge in [0.1, 0.15) is 0 Å². The number of nitrogens with zero attached hydrogens (tertiary/aromatic N) is 2. The van der Waals surface area contributed by atoms with Crippen LogP contribution in [0, 0.1) is 0 Å². The summed E-state index contributed by atoms with van der Waals surface area (Å²) in [5.74, 6) is 0. The molecule has 0 amide bonds. The third kappa shape index (κ3) is 4.60. The molecule has 1 aromatic carbocycles. The van der Waals surface area contributed by atoms with E-state index in [1.165, 1.54) is 31.5 Å². The Balaban J connectivity index is 2.05. The predicted octanol–water partition coefficient (Wildman–Crippen LogP) is 3.15. The van der Waals surface area contributed by atoms with Gasteiger partial charge in [-0.3, -0.25) is 0 Å². The summed E-state index contributed by atoms with van der Waals surface area (Å²) >= 11 is 6.45. The molecule has 1 atom stereocenters. The number of nitrogens with two attached hydrogens (primary N) is 1. The number of anilines is 1. The van der Waals surface area contributed by atoms with Crippen molar-refractivity contribution in [1.29, 1.82) is 0 Å². The maximum absolute atomic E-state index is 6.45. The Hall–Kier alpha value is -0.770. The van der Waals surface area contributed by atoms with E-state index in [-0.39, 0.29) is 6.04 Å². The van der Waals surface area contributed by atoms with Crippen LogP contribution in [0.4, 0.5) is 5.69 Å². The Kier molecular flexibility index (Phi) is 6.34. The molecule has 1 saturated heterocycles. The Morgan fingerprint density at radius 1 is 1.33 bits per heavy atom. The first-order valence-electron chi connectivity index (χ1n) is 8.08. The third-order valence-electron chi connectivity index (χ3n) is 4.41. The first-order chi connectivity index (χ1) is 10.1. The van der Waals surface area contributed by atoms with Crippen LogP contribution in [0.25, 0.3) is 0 Å². The van der Waals surface area contributed by atoms with E-state index in [9.17, 15) is 0 Å². The maximum atomic E-state index is 6.45. The van der Waals surface area contributed by atoms with Gasteiger partial charge in [0.15, 0.2) is 0 Å². The molecule has 3 nitrogen and oxygen atoms in total. The van der Waals surface area contributed by atoms with Crippen LogP contribution in [-0.2, 0) is 6.42 Å². The van der Waals surface area contributed by atoms with Gasteiger partial charge in [0, 0.05) is 26.2 Å². The summed E-state index contributed by atoms with van der Waals surface area (Å²) in [6.07, 6.45) is 4.56. The Morgan fingerprint density at radius 3 is 2.71 bits per heavy atom. The molecule has 1 heterocycles. The lowest BCUT2D eigenvalue weighted by molar-refractivity contribution is 0.346. The van der Waals surface area contributed by atoms with Gasteiger partial charge in [-0.15, -0.1) is 0 Å². The molecule has 4 heteroatoms. The van der Waals surface area contributed by atoms with E-state index >= 15 is 0 Å². The van der Waals surface area contributed by atoms with Crippen LogP contribution in [0.1, 0.15) is 31.7 Å². The number of halogens is 1. The van der Waals surface area contributed by atoms with Crippen molar-refractivity contribution in [2.75, 3.05) is 38.1 Å². The summed E-state index contributed by atoms with van der Waals surface area (Å²) in [4.78, 5) is 4.82. The van der Waals surface area contributed by atoms with E-state index in [2.05, 4.69) is 29.8 Å². The molecule has 0 saturated carbocycles. The predicted molar refractivity (Wildman–Crippen MR) is 92.4 cm³/mol. The molecule has 118 valence electrons. The van der Waals surface area contributed by atoms with Crippen LogP contribution in [0.3, 0.4) is 0 Å². The number of hydrogen-bond acceptors (Lipinski definition) is 3. The van der Waals surface area contributed by atoms with Gasteiger partial charge >= 0.3 is 0 Å². The quantitative estimate of drug-likeness (QED) is 0.840. The summed E-state index contributed by atoms with van der Waals surface area (Å²) < 4.78 is 0. The fraction of sp³-hybridized carbons (Fsp3) is 0.647. The van der Waals surface area contributed by atoms with E-state index in [1.54, 1.807) is 0 Å². The average Bonchev–Trinajstić information content (AvgIpc) is 2.98. The highest BCUT2D eigenvalue weighted by molar-refractivity contribution is 6.33. The third-order valence-corrected chi connectivity index (χ3v) is 4.71. The van der Waals surface area contributed by atoms with Gasteiger partial charge in [-0.1, -0.05) is 30.7 Å². The van der Waals surface area contributed by atoms with Crippen molar-refractivity contribution in [1.82, 2.24) is 4.90 Å². The second kappa shape index (κ2) is 8.02. The fourth-order valence-electron chi connectivity index (χ4n) is 2.99. The molecule has 0 bridgehead atoms. The molecule has 0 radical (unpaired) electrons. The van der Waals surface area contributed by atoms with Gasteiger partial charge in [0.25, 0.3) is 0 Å². The summed E-state index contributed by atoms with van der Waals surface area (Å²) in [6, 6.07) is 6.36. The van der Waals surface area contributed by atoms with Crippen LogP contribution in [0.5, 0.6) is 0 Å². The minimum atomic E-state index is 0.203. The first kappa shape index (κ1) is 16.6. The highest BCUT2D eigenvalue weighted by atomic mass is 35.5. The zero-order valence-electron chi connectivity index (χ0n) is 13.3. The molecule has 0 spiro atoms. The minimum absolute atomic E-state index is 0.203. The van der Waals surface area contributed by atoms with E-state index < -0.39 is 0 Å². The van der Waals surface area contributed by atoms with Gasteiger partial charge in [-0.05, 0) is 50.4 Å². The molecule has 0 aliphatic carbocycles. The van der Waals surface area contributed by atoms with Crippen LogP contribution >= 0.6 is 11.6 Å². The van der Waals surface area contributed by atoms with Crippen LogP contribution in [0.15, 0.2) is 18.2 Å². The molecule has 1 fully saturated rings. The summed E-state index contributed by atoms with van der Waals surface area (Å²) in [5, 5.41) is 0.833. The van der Waals surface area contributed by atoms with E-state index in [4.69, 9.17) is 17.3 Å². The van der Waals surface area contributed by atoms with Gasteiger partial charge in [-0.25, -0.2) is 0 Å². The molecule has 1 aliphatic heterocycles. The highest BCUT2D eigenvalue weighted by Gasteiger charge is 2.16. The molecule has 0 aromatic heterocycles. The van der Waals surface area contributed by atoms with Crippen LogP contribution in [0.2, 0.25) is 5.02 Å². The second-order valence-corrected chi connectivity index (χ2v) is 6.50. The number of para-hydroxylation sites is 1. The number of likely N-dealkylation sites (tertiary alicyclic amines) is 1. The number of benzene rings is 1.